The smallest absolute Gasteiger partial charge is 0.263 e. The topological polar surface area (TPSA) is 101 Å². The van der Waals surface area contributed by atoms with Crippen molar-refractivity contribution in [3.05, 3.63) is 33.2 Å². The minimum atomic E-state index is -1.16. The Morgan fingerprint density at radius 3 is 2.21 bits per heavy atom. The lowest BCUT2D eigenvalue weighted by atomic mass is 9.88. The Morgan fingerprint density at radius 1 is 0.921 bits per heavy atom. The molecule has 2 aliphatic carbocycles. The average molecular weight is 527 g/mol. The van der Waals surface area contributed by atoms with Gasteiger partial charge in [-0.2, -0.15) is 0 Å². The van der Waals surface area contributed by atoms with Crippen molar-refractivity contribution in [3.63, 3.8) is 0 Å². The summed E-state index contributed by atoms with van der Waals surface area (Å²) in [6, 6.07) is 1.81. The number of nitrogens with one attached hydrogen (secondary N) is 2. The van der Waals surface area contributed by atoms with E-state index in [0.29, 0.717) is 38.4 Å². The van der Waals surface area contributed by atoms with Crippen molar-refractivity contribution in [3.8, 4) is 0 Å². The number of carbonyl (C=O) groups is 3. The van der Waals surface area contributed by atoms with Crippen molar-refractivity contribution in [1.29, 1.82) is 0 Å². The predicted molar refractivity (Wildman–Crippen MR) is 148 cm³/mol. The Kier molecular flexibility index (Phi) is 9.32. The molecular formula is C30H46N4O4. The summed E-state index contributed by atoms with van der Waals surface area (Å²) in [6.07, 6.45) is 13.4. The van der Waals surface area contributed by atoms with Crippen LogP contribution in [0.25, 0.3) is 0 Å². The summed E-state index contributed by atoms with van der Waals surface area (Å²) in [5.74, 6) is -0.267. The lowest BCUT2D eigenvalue weighted by Crippen LogP contribution is -2.58. The molecule has 1 saturated carbocycles. The van der Waals surface area contributed by atoms with Crippen LogP contribution in [0.2, 0.25) is 0 Å². The number of amides is 3. The molecule has 2 N–H and O–H groups in total. The summed E-state index contributed by atoms with van der Waals surface area (Å²) in [6.45, 7) is 5.04. The number of aryl methyl sites for hydroxylation is 1. The second-order valence-corrected chi connectivity index (χ2v) is 12.1. The first-order valence-corrected chi connectivity index (χ1v) is 14.8. The van der Waals surface area contributed by atoms with Crippen LogP contribution in [0.5, 0.6) is 0 Å². The van der Waals surface area contributed by atoms with Gasteiger partial charge in [0.1, 0.15) is 11.1 Å². The van der Waals surface area contributed by atoms with Gasteiger partial charge >= 0.3 is 0 Å². The van der Waals surface area contributed by atoms with Crippen molar-refractivity contribution >= 4 is 17.7 Å². The fourth-order valence-corrected chi connectivity index (χ4v) is 6.57. The summed E-state index contributed by atoms with van der Waals surface area (Å²) in [5.41, 5.74) is 1.00. The van der Waals surface area contributed by atoms with Crippen LogP contribution >= 0.6 is 0 Å². The molecule has 8 heteroatoms. The molecule has 3 aliphatic rings. The molecule has 0 bridgehead atoms. The second kappa shape index (κ2) is 12.5. The molecular weight excluding hydrogens is 480 g/mol. The Hall–Kier alpha value is -2.64. The average Bonchev–Trinajstić information content (AvgIpc) is 2.90. The summed E-state index contributed by atoms with van der Waals surface area (Å²) in [4.78, 5) is 54.5. The zero-order chi connectivity index (χ0) is 27.3. The molecule has 0 radical (unpaired) electrons. The summed E-state index contributed by atoms with van der Waals surface area (Å²) in [7, 11) is 1.63. The molecule has 1 aliphatic heterocycles. The summed E-state index contributed by atoms with van der Waals surface area (Å²) >= 11 is 0. The minimum absolute atomic E-state index is 0.00748. The number of carbonyl (C=O) groups excluding carboxylic acids is 3. The lowest BCUT2D eigenvalue weighted by Gasteiger charge is -2.36. The Morgan fingerprint density at radius 2 is 1.55 bits per heavy atom. The van der Waals surface area contributed by atoms with Crippen molar-refractivity contribution < 1.29 is 14.4 Å². The molecule has 38 heavy (non-hydrogen) atoms. The van der Waals surface area contributed by atoms with E-state index in [-0.39, 0.29) is 28.9 Å². The van der Waals surface area contributed by atoms with E-state index in [4.69, 9.17) is 0 Å². The first-order chi connectivity index (χ1) is 18.2. The maximum absolute atomic E-state index is 13.8. The quantitative estimate of drug-likeness (QED) is 0.592. The Bertz CT molecular complexity index is 1080. The Balaban J connectivity index is 1.54. The van der Waals surface area contributed by atoms with Gasteiger partial charge in [0.05, 0.1) is 0 Å². The number of hydrogen-bond acceptors (Lipinski definition) is 4. The van der Waals surface area contributed by atoms with Gasteiger partial charge in [-0.15, -0.1) is 0 Å². The highest BCUT2D eigenvalue weighted by Crippen LogP contribution is 2.27. The third-order valence-electron chi connectivity index (χ3n) is 8.87. The number of likely N-dealkylation sites (tertiary alicyclic amines) is 1. The van der Waals surface area contributed by atoms with Crippen LogP contribution in [-0.4, -0.2) is 52.9 Å². The molecule has 2 fully saturated rings. The van der Waals surface area contributed by atoms with Gasteiger partial charge in [0.25, 0.3) is 11.5 Å². The molecule has 3 amide bonds. The van der Waals surface area contributed by atoms with Gasteiger partial charge in [-0.05, 0) is 82.8 Å². The van der Waals surface area contributed by atoms with Gasteiger partial charge in [-0.1, -0.05) is 32.1 Å². The number of piperidine rings is 1. The predicted octanol–water partition coefficient (Wildman–Crippen LogP) is 3.58. The fourth-order valence-electron chi connectivity index (χ4n) is 6.57. The van der Waals surface area contributed by atoms with Gasteiger partial charge in [0.15, 0.2) is 0 Å². The monoisotopic (exact) mass is 526 g/mol. The first-order valence-electron chi connectivity index (χ1n) is 14.8. The zero-order valence-corrected chi connectivity index (χ0v) is 23.6. The zero-order valence-electron chi connectivity index (χ0n) is 23.6. The lowest BCUT2D eigenvalue weighted by molar-refractivity contribution is -0.140. The van der Waals surface area contributed by atoms with Crippen molar-refractivity contribution in [1.82, 2.24) is 20.1 Å². The summed E-state index contributed by atoms with van der Waals surface area (Å²) in [5, 5.41) is 5.59. The van der Waals surface area contributed by atoms with Gasteiger partial charge < -0.3 is 20.1 Å². The van der Waals surface area contributed by atoms with Crippen LogP contribution in [-0.2, 0) is 29.0 Å². The molecule has 210 valence electrons. The standard InChI is InChI=1S/C30H46N4O4/c1-30(2,29(38)33-17-15-22(16-18-33)26(35)31-3)32-27(36)24-19-23-13-9-4-5-10-14-25(23)34(28(24)37)20-21-11-7-6-8-12-21/h19,21-22H,4-18,20H2,1-3H3,(H,31,35)(H,32,36). The number of pyridine rings is 1. The van der Waals surface area contributed by atoms with Crippen molar-refractivity contribution in [2.75, 3.05) is 20.1 Å². The molecule has 1 aromatic heterocycles. The maximum Gasteiger partial charge on any atom is 0.263 e. The minimum Gasteiger partial charge on any atom is -0.359 e. The highest BCUT2D eigenvalue weighted by molar-refractivity contribution is 5.99. The van der Waals surface area contributed by atoms with Gasteiger partial charge in [-0.25, -0.2) is 0 Å². The van der Waals surface area contributed by atoms with Crippen LogP contribution in [0.3, 0.4) is 0 Å². The highest BCUT2D eigenvalue weighted by Gasteiger charge is 2.37. The molecule has 8 nitrogen and oxygen atoms in total. The van der Waals surface area contributed by atoms with Crippen LogP contribution in [0.4, 0.5) is 0 Å². The third kappa shape index (κ3) is 6.49. The van der Waals surface area contributed by atoms with E-state index in [0.717, 1.165) is 49.8 Å². The van der Waals surface area contributed by atoms with E-state index >= 15 is 0 Å². The van der Waals surface area contributed by atoms with Gasteiger partial charge in [0.2, 0.25) is 11.8 Å². The number of nitrogens with zero attached hydrogens (tertiary/aromatic N) is 2. The SMILES string of the molecule is CNC(=O)C1CCN(C(=O)C(C)(C)NC(=O)c2cc3c(n(CC4CCCCC4)c2=O)CCCCCC3)CC1. The number of rotatable bonds is 6. The van der Waals surface area contributed by atoms with E-state index in [9.17, 15) is 19.2 Å². The summed E-state index contributed by atoms with van der Waals surface area (Å²) < 4.78 is 1.92. The molecule has 2 heterocycles. The van der Waals surface area contributed by atoms with Gasteiger partial charge in [-0.3, -0.25) is 19.2 Å². The number of hydrogen-bond donors (Lipinski definition) is 2. The normalized spacial score (nSPS) is 19.7. The largest absolute Gasteiger partial charge is 0.359 e. The van der Waals surface area contributed by atoms with Crippen LogP contribution < -0.4 is 16.2 Å². The molecule has 4 rings (SSSR count). The Labute approximate surface area is 226 Å². The van der Waals surface area contributed by atoms with E-state index in [1.54, 1.807) is 25.8 Å². The second-order valence-electron chi connectivity index (χ2n) is 12.1. The number of fused-ring (bicyclic) bond motifs is 1. The molecule has 1 saturated heterocycles. The van der Waals surface area contributed by atoms with E-state index in [1.807, 2.05) is 10.6 Å². The van der Waals surface area contributed by atoms with Crippen molar-refractivity contribution in [2.45, 2.75) is 109 Å². The van der Waals surface area contributed by atoms with Crippen molar-refractivity contribution in [2.24, 2.45) is 11.8 Å². The molecule has 0 aromatic carbocycles. The fraction of sp³-hybridized carbons (Fsp3) is 0.733. The van der Waals surface area contributed by atoms with Crippen LogP contribution in [0, 0.1) is 11.8 Å². The third-order valence-corrected chi connectivity index (χ3v) is 8.87. The van der Waals surface area contributed by atoms with Crippen LogP contribution in [0.15, 0.2) is 10.9 Å². The van der Waals surface area contributed by atoms with Crippen LogP contribution in [0.1, 0.15) is 106 Å². The molecule has 1 aromatic rings. The van der Waals surface area contributed by atoms with Gasteiger partial charge in [0, 0.05) is 38.3 Å². The highest BCUT2D eigenvalue weighted by atomic mass is 16.2. The molecule has 0 unspecified atom stereocenters. The number of aromatic nitrogens is 1. The van der Waals surface area contributed by atoms with E-state index < -0.39 is 11.4 Å². The first kappa shape index (κ1) is 28.4. The maximum atomic E-state index is 13.8. The molecule has 0 atom stereocenters. The van der Waals surface area contributed by atoms with E-state index in [2.05, 4.69) is 10.6 Å². The van der Waals surface area contributed by atoms with E-state index in [1.165, 1.54) is 32.1 Å². The molecule has 0 spiro atoms.